The molecule has 166 valence electrons. The molecule has 1 aliphatic heterocycles. The molecule has 0 radical (unpaired) electrons. The molecule has 0 aliphatic carbocycles. The van der Waals surface area contributed by atoms with Crippen LogP contribution in [0, 0.1) is 0 Å². The number of hydrogen-bond acceptors (Lipinski definition) is 4. The molecule has 0 bridgehead atoms. The van der Waals surface area contributed by atoms with Crippen LogP contribution in [0.25, 0.3) is 11.0 Å². The van der Waals surface area contributed by atoms with Crippen molar-refractivity contribution in [1.82, 2.24) is 20.2 Å². The third-order valence-corrected chi connectivity index (χ3v) is 6.75. The van der Waals surface area contributed by atoms with Gasteiger partial charge in [-0.3, -0.25) is 0 Å². The quantitative estimate of drug-likeness (QED) is 0.406. The smallest absolute Gasteiger partial charge is 0.113 e. The summed E-state index contributed by atoms with van der Waals surface area (Å²) in [6.07, 6.45) is 4.38. The fraction of sp³-hybridized carbons (Fsp3) is 0.458. The first-order chi connectivity index (χ1) is 15.2. The van der Waals surface area contributed by atoms with Crippen LogP contribution in [0.5, 0.6) is 0 Å². The van der Waals surface area contributed by atoms with Crippen LogP contribution in [0.3, 0.4) is 0 Å². The lowest BCUT2D eigenvalue weighted by atomic mass is 9.97. The fourth-order valence-corrected chi connectivity index (χ4v) is 4.58. The van der Waals surface area contributed by atoms with Gasteiger partial charge >= 0.3 is 0 Å². The summed E-state index contributed by atoms with van der Waals surface area (Å²) in [7, 11) is 0. The van der Waals surface area contributed by atoms with Gasteiger partial charge in [0.1, 0.15) is 5.82 Å². The molecule has 1 saturated heterocycles. The van der Waals surface area contributed by atoms with Crippen molar-refractivity contribution < 1.29 is 0 Å². The van der Waals surface area contributed by atoms with E-state index in [2.05, 4.69) is 39.5 Å². The van der Waals surface area contributed by atoms with Gasteiger partial charge in [0.05, 0.1) is 21.1 Å². The zero-order chi connectivity index (χ0) is 21.6. The zero-order valence-corrected chi connectivity index (χ0v) is 19.4. The Kier molecular flexibility index (Phi) is 7.86. The highest BCUT2D eigenvalue weighted by atomic mass is 35.5. The van der Waals surface area contributed by atoms with E-state index in [9.17, 15) is 0 Å². The molecule has 0 saturated carbocycles. The summed E-state index contributed by atoms with van der Waals surface area (Å²) in [5, 5.41) is 8.06. The van der Waals surface area contributed by atoms with E-state index in [0.29, 0.717) is 16.0 Å². The first-order valence-corrected chi connectivity index (χ1v) is 12.0. The Hall–Kier alpha value is -1.63. The van der Waals surface area contributed by atoms with Crippen molar-refractivity contribution >= 4 is 34.2 Å². The second-order valence-electron chi connectivity index (χ2n) is 8.32. The van der Waals surface area contributed by atoms with Gasteiger partial charge in [-0.25, -0.2) is 4.98 Å². The Labute approximate surface area is 194 Å². The summed E-state index contributed by atoms with van der Waals surface area (Å²) in [6.45, 7) is 5.48. The molecule has 0 unspecified atom stereocenters. The summed E-state index contributed by atoms with van der Waals surface area (Å²) in [6, 6.07) is 12.7. The fourth-order valence-electron chi connectivity index (χ4n) is 4.27. The molecule has 1 aromatic heterocycles. The maximum atomic E-state index is 6.36. The summed E-state index contributed by atoms with van der Waals surface area (Å²) in [5.41, 5.74) is 10.1. The van der Waals surface area contributed by atoms with Gasteiger partial charge < -0.3 is 20.9 Å². The van der Waals surface area contributed by atoms with E-state index < -0.39 is 0 Å². The number of hydrogen-bond donors (Lipinski definition) is 3. The van der Waals surface area contributed by atoms with Crippen molar-refractivity contribution in [2.24, 2.45) is 5.73 Å². The number of unbranched alkanes of at least 4 members (excludes halogenated alkanes) is 1. The molecule has 0 atom stereocenters. The molecule has 4 rings (SSSR count). The average Bonchev–Trinajstić information content (AvgIpc) is 3.12. The molecule has 2 heterocycles. The number of aromatic nitrogens is 2. The molecule has 4 N–H and O–H groups in total. The zero-order valence-electron chi connectivity index (χ0n) is 17.8. The third kappa shape index (κ3) is 5.60. The maximum Gasteiger partial charge on any atom is 0.113 e. The molecule has 2 aromatic carbocycles. The van der Waals surface area contributed by atoms with Crippen molar-refractivity contribution in [1.29, 1.82) is 0 Å². The SMILES string of the molecule is NCCCCNCc1ccc(Cn2c(C3CCNCC3)nc3cc(Cl)c(Cl)cc32)cc1. The predicted molar refractivity (Wildman–Crippen MR) is 130 cm³/mol. The number of halogens is 2. The Bertz CT molecular complexity index is 993. The van der Waals surface area contributed by atoms with E-state index in [0.717, 1.165) is 81.8 Å². The number of nitrogens with two attached hydrogens (primary N) is 1. The molecule has 31 heavy (non-hydrogen) atoms. The predicted octanol–water partition coefficient (Wildman–Crippen LogP) is 4.69. The summed E-state index contributed by atoms with van der Waals surface area (Å²) < 4.78 is 2.33. The minimum absolute atomic E-state index is 0.447. The van der Waals surface area contributed by atoms with Crippen molar-refractivity contribution in [3.63, 3.8) is 0 Å². The maximum absolute atomic E-state index is 6.36. The monoisotopic (exact) mass is 459 g/mol. The van der Waals surface area contributed by atoms with E-state index >= 15 is 0 Å². The normalized spacial score (nSPS) is 15.1. The van der Waals surface area contributed by atoms with Gasteiger partial charge in [-0.2, -0.15) is 0 Å². The molecule has 0 spiro atoms. The highest BCUT2D eigenvalue weighted by Gasteiger charge is 2.23. The standard InChI is InChI=1S/C24H31Cl2N5/c25-20-13-22-23(14-21(20)26)31(24(30-22)19-7-11-28-12-8-19)16-18-5-3-17(4-6-18)15-29-10-2-1-9-27/h3-6,13-14,19,28-29H,1-2,7-12,15-16,27H2. The van der Waals surface area contributed by atoms with Gasteiger partial charge in [-0.05, 0) is 75.1 Å². The van der Waals surface area contributed by atoms with Crippen molar-refractivity contribution in [3.8, 4) is 0 Å². The second-order valence-corrected chi connectivity index (χ2v) is 9.14. The third-order valence-electron chi connectivity index (χ3n) is 6.02. The van der Waals surface area contributed by atoms with E-state index in [1.807, 2.05) is 12.1 Å². The lowest BCUT2D eigenvalue weighted by molar-refractivity contribution is 0.435. The Morgan fingerprint density at radius 2 is 1.74 bits per heavy atom. The first-order valence-electron chi connectivity index (χ1n) is 11.2. The average molecular weight is 460 g/mol. The van der Waals surface area contributed by atoms with Gasteiger partial charge in [0.15, 0.2) is 0 Å². The number of rotatable bonds is 9. The van der Waals surface area contributed by atoms with Crippen LogP contribution in [-0.4, -0.2) is 35.7 Å². The first kappa shape index (κ1) is 22.6. The Balaban J connectivity index is 1.54. The van der Waals surface area contributed by atoms with Crippen LogP contribution < -0.4 is 16.4 Å². The molecule has 3 aromatic rings. The van der Waals surface area contributed by atoms with Crippen molar-refractivity contribution in [3.05, 3.63) is 63.4 Å². The topological polar surface area (TPSA) is 67.9 Å². The van der Waals surface area contributed by atoms with Gasteiger partial charge in [-0.15, -0.1) is 0 Å². The van der Waals surface area contributed by atoms with Crippen LogP contribution in [0.4, 0.5) is 0 Å². The number of imidazole rings is 1. The molecule has 1 fully saturated rings. The second kappa shape index (κ2) is 10.8. The summed E-state index contributed by atoms with van der Waals surface area (Å²) in [5.74, 6) is 1.59. The van der Waals surface area contributed by atoms with E-state index in [1.54, 1.807) is 0 Å². The van der Waals surface area contributed by atoms with Gasteiger partial charge in [-0.1, -0.05) is 47.5 Å². The highest BCUT2D eigenvalue weighted by Crippen LogP contribution is 2.33. The lowest BCUT2D eigenvalue weighted by Gasteiger charge is -2.23. The Morgan fingerprint density at radius 1 is 1.03 bits per heavy atom. The lowest BCUT2D eigenvalue weighted by Crippen LogP contribution is -2.28. The van der Waals surface area contributed by atoms with Crippen LogP contribution >= 0.6 is 23.2 Å². The molecular formula is C24H31Cl2N5. The van der Waals surface area contributed by atoms with E-state index in [1.165, 1.54) is 11.1 Å². The van der Waals surface area contributed by atoms with Crippen LogP contribution in [0.15, 0.2) is 36.4 Å². The number of benzene rings is 2. The molecular weight excluding hydrogens is 429 g/mol. The molecule has 5 nitrogen and oxygen atoms in total. The number of piperidine rings is 1. The molecule has 1 aliphatic rings. The Morgan fingerprint density at radius 3 is 2.48 bits per heavy atom. The van der Waals surface area contributed by atoms with Crippen LogP contribution in [0.2, 0.25) is 10.0 Å². The minimum Gasteiger partial charge on any atom is -0.330 e. The van der Waals surface area contributed by atoms with Crippen molar-refractivity contribution in [2.45, 2.75) is 44.7 Å². The van der Waals surface area contributed by atoms with Gasteiger partial charge in [0, 0.05) is 19.0 Å². The molecule has 7 heteroatoms. The summed E-state index contributed by atoms with van der Waals surface area (Å²) in [4.78, 5) is 4.99. The summed E-state index contributed by atoms with van der Waals surface area (Å²) >= 11 is 12.6. The van der Waals surface area contributed by atoms with Gasteiger partial charge in [0.25, 0.3) is 0 Å². The minimum atomic E-state index is 0.447. The van der Waals surface area contributed by atoms with E-state index in [-0.39, 0.29) is 0 Å². The number of nitrogens with zero attached hydrogens (tertiary/aromatic N) is 2. The van der Waals surface area contributed by atoms with Crippen LogP contribution in [0.1, 0.15) is 48.6 Å². The van der Waals surface area contributed by atoms with Crippen molar-refractivity contribution in [2.75, 3.05) is 26.2 Å². The number of nitrogens with one attached hydrogen (secondary N) is 2. The molecule has 0 amide bonds. The van der Waals surface area contributed by atoms with Crippen LogP contribution in [-0.2, 0) is 13.1 Å². The highest BCUT2D eigenvalue weighted by molar-refractivity contribution is 6.42. The number of fused-ring (bicyclic) bond motifs is 1. The van der Waals surface area contributed by atoms with E-state index in [4.69, 9.17) is 33.9 Å². The largest absolute Gasteiger partial charge is 0.330 e. The van der Waals surface area contributed by atoms with Gasteiger partial charge in [0.2, 0.25) is 0 Å².